The lowest BCUT2D eigenvalue weighted by atomic mass is 10.1. The molecule has 1 atom stereocenters. The number of aromatic nitrogens is 3. The van der Waals surface area contributed by atoms with Crippen LogP contribution in [-0.2, 0) is 10.0 Å². The average molecular weight is 438 g/mol. The lowest BCUT2D eigenvalue weighted by Gasteiger charge is -2.17. The third-order valence-corrected chi connectivity index (χ3v) is 6.39. The summed E-state index contributed by atoms with van der Waals surface area (Å²) in [5.41, 5.74) is 0.267. The van der Waals surface area contributed by atoms with E-state index in [1.54, 1.807) is 28.4 Å². The molecular formula is C18H20FN5O3S2. The first-order valence-corrected chi connectivity index (χ1v) is 11.6. The van der Waals surface area contributed by atoms with E-state index in [-0.39, 0.29) is 10.5 Å². The van der Waals surface area contributed by atoms with Gasteiger partial charge in [-0.05, 0) is 55.8 Å². The van der Waals surface area contributed by atoms with Crippen LogP contribution in [0.4, 0.5) is 4.39 Å². The normalized spacial score (nSPS) is 12.8. The number of halogens is 1. The summed E-state index contributed by atoms with van der Waals surface area (Å²) < 4.78 is 42.2. The second-order valence-electron chi connectivity index (χ2n) is 6.14. The molecule has 11 heteroatoms. The number of benzene rings is 1. The number of carbonyl (C=O) groups excluding carboxylic acids is 1. The van der Waals surface area contributed by atoms with Gasteiger partial charge in [-0.2, -0.15) is 11.8 Å². The van der Waals surface area contributed by atoms with Crippen molar-refractivity contribution in [1.29, 1.82) is 0 Å². The van der Waals surface area contributed by atoms with Gasteiger partial charge in [-0.15, -0.1) is 10.2 Å². The fourth-order valence-electron chi connectivity index (χ4n) is 2.80. The van der Waals surface area contributed by atoms with Crippen LogP contribution in [0, 0.1) is 5.82 Å². The van der Waals surface area contributed by atoms with Crippen LogP contribution in [0.2, 0.25) is 0 Å². The first-order chi connectivity index (χ1) is 13.9. The van der Waals surface area contributed by atoms with E-state index in [1.807, 2.05) is 18.4 Å². The second kappa shape index (κ2) is 8.89. The van der Waals surface area contributed by atoms with Crippen LogP contribution in [0.25, 0.3) is 5.65 Å². The van der Waals surface area contributed by atoms with Gasteiger partial charge in [-0.1, -0.05) is 6.07 Å². The summed E-state index contributed by atoms with van der Waals surface area (Å²) in [6, 6.07) is 7.99. The number of carbonyl (C=O) groups is 1. The average Bonchev–Trinajstić information content (AvgIpc) is 3.15. The maximum Gasteiger partial charge on any atom is 0.254 e. The van der Waals surface area contributed by atoms with Gasteiger partial charge in [0.25, 0.3) is 5.91 Å². The molecule has 0 saturated heterocycles. The molecule has 0 bridgehead atoms. The highest BCUT2D eigenvalue weighted by Gasteiger charge is 2.24. The van der Waals surface area contributed by atoms with E-state index in [2.05, 4.69) is 20.2 Å². The Bertz CT molecular complexity index is 1130. The molecule has 3 rings (SSSR count). The van der Waals surface area contributed by atoms with Crippen LogP contribution in [0.1, 0.15) is 28.6 Å². The fourth-order valence-corrected chi connectivity index (χ4v) is 4.03. The van der Waals surface area contributed by atoms with Crippen molar-refractivity contribution in [3.05, 3.63) is 59.8 Å². The van der Waals surface area contributed by atoms with Crippen LogP contribution in [-0.4, -0.2) is 48.0 Å². The van der Waals surface area contributed by atoms with Crippen molar-refractivity contribution in [1.82, 2.24) is 24.6 Å². The number of sulfonamides is 1. The van der Waals surface area contributed by atoms with Gasteiger partial charge in [-0.25, -0.2) is 17.5 Å². The number of hydrogen-bond acceptors (Lipinski definition) is 6. The molecule has 8 nitrogen and oxygen atoms in total. The van der Waals surface area contributed by atoms with E-state index >= 15 is 0 Å². The van der Waals surface area contributed by atoms with E-state index in [1.165, 1.54) is 7.05 Å². The third kappa shape index (κ3) is 4.57. The SMILES string of the molecule is CNS(=O)(=O)c1ccc(F)c(C(=O)NC(CCSC)c2nnc3ccccn23)c1. The smallest absolute Gasteiger partial charge is 0.254 e. The Labute approximate surface area is 172 Å². The maximum absolute atomic E-state index is 14.3. The Kier molecular flexibility index (Phi) is 6.50. The van der Waals surface area contributed by atoms with Crippen molar-refractivity contribution in [2.24, 2.45) is 0 Å². The zero-order valence-corrected chi connectivity index (χ0v) is 17.4. The first kappa shape index (κ1) is 21.2. The number of thioether (sulfide) groups is 1. The second-order valence-corrected chi connectivity index (χ2v) is 9.02. The summed E-state index contributed by atoms with van der Waals surface area (Å²) in [5.74, 6) is -0.298. The summed E-state index contributed by atoms with van der Waals surface area (Å²) >= 11 is 1.60. The van der Waals surface area contributed by atoms with Crippen molar-refractivity contribution in [2.75, 3.05) is 19.1 Å². The van der Waals surface area contributed by atoms with E-state index in [0.29, 0.717) is 17.9 Å². The van der Waals surface area contributed by atoms with Gasteiger partial charge in [0.2, 0.25) is 10.0 Å². The Hall–Kier alpha value is -2.50. The Morgan fingerprint density at radius 3 is 2.79 bits per heavy atom. The monoisotopic (exact) mass is 437 g/mol. The van der Waals surface area contributed by atoms with Crippen LogP contribution in [0.3, 0.4) is 0 Å². The summed E-state index contributed by atoms with van der Waals surface area (Å²) in [6.07, 6.45) is 4.26. The van der Waals surface area contributed by atoms with E-state index < -0.39 is 27.8 Å². The van der Waals surface area contributed by atoms with Gasteiger partial charge in [0, 0.05) is 6.20 Å². The fraction of sp³-hybridized carbons (Fsp3) is 0.278. The Morgan fingerprint density at radius 1 is 1.28 bits per heavy atom. The summed E-state index contributed by atoms with van der Waals surface area (Å²) in [6.45, 7) is 0. The molecule has 0 spiro atoms. The molecule has 1 amide bonds. The largest absolute Gasteiger partial charge is 0.342 e. The number of nitrogens with zero attached hydrogens (tertiary/aromatic N) is 3. The number of rotatable bonds is 8. The van der Waals surface area contributed by atoms with Crippen molar-refractivity contribution >= 4 is 33.3 Å². The van der Waals surface area contributed by atoms with Gasteiger partial charge in [0.05, 0.1) is 16.5 Å². The maximum atomic E-state index is 14.3. The highest BCUT2D eigenvalue weighted by Crippen LogP contribution is 2.21. The van der Waals surface area contributed by atoms with Crippen molar-refractivity contribution in [2.45, 2.75) is 17.4 Å². The topological polar surface area (TPSA) is 105 Å². The molecule has 3 aromatic rings. The molecule has 154 valence electrons. The molecule has 0 radical (unpaired) electrons. The number of nitrogens with one attached hydrogen (secondary N) is 2. The van der Waals surface area contributed by atoms with E-state index in [0.717, 1.165) is 24.0 Å². The predicted molar refractivity (Wildman–Crippen MR) is 109 cm³/mol. The van der Waals surface area contributed by atoms with Crippen LogP contribution >= 0.6 is 11.8 Å². The Morgan fingerprint density at radius 2 is 2.07 bits per heavy atom. The summed E-state index contributed by atoms with van der Waals surface area (Å²) in [5, 5.41) is 11.0. The minimum atomic E-state index is -3.81. The van der Waals surface area contributed by atoms with Crippen LogP contribution in [0.15, 0.2) is 47.5 Å². The zero-order chi connectivity index (χ0) is 21.0. The van der Waals surface area contributed by atoms with Crippen LogP contribution < -0.4 is 10.0 Å². The van der Waals surface area contributed by atoms with Gasteiger partial charge >= 0.3 is 0 Å². The zero-order valence-electron chi connectivity index (χ0n) is 15.8. The van der Waals surface area contributed by atoms with Gasteiger partial charge in [0.15, 0.2) is 11.5 Å². The van der Waals surface area contributed by atoms with E-state index in [9.17, 15) is 17.6 Å². The van der Waals surface area contributed by atoms with Crippen molar-refractivity contribution in [3.8, 4) is 0 Å². The number of amides is 1. The molecule has 2 N–H and O–H groups in total. The molecule has 0 aliphatic carbocycles. The molecule has 29 heavy (non-hydrogen) atoms. The van der Waals surface area contributed by atoms with Crippen molar-refractivity contribution in [3.63, 3.8) is 0 Å². The molecule has 0 saturated carbocycles. The number of pyridine rings is 1. The minimum absolute atomic E-state index is 0.194. The van der Waals surface area contributed by atoms with Gasteiger partial charge in [0.1, 0.15) is 5.82 Å². The third-order valence-electron chi connectivity index (χ3n) is 4.33. The minimum Gasteiger partial charge on any atom is -0.342 e. The highest BCUT2D eigenvalue weighted by molar-refractivity contribution is 7.98. The first-order valence-electron chi connectivity index (χ1n) is 8.70. The number of hydrogen-bond donors (Lipinski definition) is 2. The molecule has 0 aliphatic rings. The van der Waals surface area contributed by atoms with Gasteiger partial charge < -0.3 is 5.32 Å². The number of fused-ring (bicyclic) bond motifs is 1. The molecule has 1 aromatic carbocycles. The van der Waals surface area contributed by atoms with Crippen LogP contribution in [0.5, 0.6) is 0 Å². The highest BCUT2D eigenvalue weighted by atomic mass is 32.2. The molecule has 2 heterocycles. The summed E-state index contributed by atoms with van der Waals surface area (Å²) in [7, 11) is -2.57. The molecule has 1 unspecified atom stereocenters. The lowest BCUT2D eigenvalue weighted by molar-refractivity contribution is 0.0929. The Balaban J connectivity index is 1.94. The standard InChI is InChI=1S/C18H20FN5O3S2/c1-20-29(26,27)12-6-7-14(19)13(11-12)18(25)21-15(8-10-28-2)17-23-22-16-5-3-4-9-24(16)17/h3-7,9,11,15,20H,8,10H2,1-2H3,(H,21,25). The predicted octanol–water partition coefficient (Wildman–Crippen LogP) is 2.00. The van der Waals surface area contributed by atoms with E-state index in [4.69, 9.17) is 0 Å². The van der Waals surface area contributed by atoms with Gasteiger partial charge in [-0.3, -0.25) is 9.20 Å². The molecule has 2 aromatic heterocycles. The molecule has 0 aliphatic heterocycles. The lowest BCUT2D eigenvalue weighted by Crippen LogP contribution is -2.31. The molecule has 0 fully saturated rings. The summed E-state index contributed by atoms with van der Waals surface area (Å²) in [4.78, 5) is 12.6. The molecular weight excluding hydrogens is 417 g/mol. The quantitative estimate of drug-likeness (QED) is 0.558. The van der Waals surface area contributed by atoms with Crippen molar-refractivity contribution < 1.29 is 17.6 Å².